The first-order chi connectivity index (χ1) is 10.9. The molecule has 0 radical (unpaired) electrons. The third-order valence-corrected chi connectivity index (χ3v) is 5.73. The molecule has 0 saturated heterocycles. The predicted octanol–water partition coefficient (Wildman–Crippen LogP) is 1.77. The Morgan fingerprint density at radius 3 is 1.54 bits per heavy atom. The van der Waals surface area contributed by atoms with Crippen molar-refractivity contribution in [2.75, 3.05) is 0 Å². The van der Waals surface area contributed by atoms with E-state index < -0.39 is 15.4 Å². The molecule has 0 aromatic carbocycles. The SMILES string of the molecule is CCCC(O)CCCCCCCCCCCCC(C)S(=O)(=O)[O-].[Na+]. The summed E-state index contributed by atoms with van der Waals surface area (Å²) in [5, 5.41) is 8.88. The first-order valence-corrected chi connectivity index (χ1v) is 11.0. The summed E-state index contributed by atoms with van der Waals surface area (Å²) in [5.41, 5.74) is 0. The molecule has 140 valence electrons. The number of hydrogen-bond donors (Lipinski definition) is 1. The maximum Gasteiger partial charge on any atom is 1.00 e. The molecule has 0 amide bonds. The average molecular weight is 373 g/mol. The van der Waals surface area contributed by atoms with Crippen molar-refractivity contribution >= 4 is 10.1 Å². The van der Waals surface area contributed by atoms with Crippen LogP contribution in [-0.4, -0.2) is 29.4 Å². The van der Waals surface area contributed by atoms with E-state index in [1.54, 1.807) is 0 Å². The van der Waals surface area contributed by atoms with Gasteiger partial charge in [-0.25, -0.2) is 8.42 Å². The van der Waals surface area contributed by atoms with E-state index in [1.165, 1.54) is 45.4 Å². The molecule has 0 aliphatic carbocycles. The average Bonchev–Trinajstić information content (AvgIpc) is 2.47. The molecular weight excluding hydrogens is 335 g/mol. The molecule has 0 fully saturated rings. The number of rotatable bonds is 16. The van der Waals surface area contributed by atoms with E-state index >= 15 is 0 Å². The van der Waals surface area contributed by atoms with Gasteiger partial charge in [0.2, 0.25) is 0 Å². The summed E-state index contributed by atoms with van der Waals surface area (Å²) in [4.78, 5) is 0. The third kappa shape index (κ3) is 17.7. The van der Waals surface area contributed by atoms with Crippen molar-refractivity contribution in [1.29, 1.82) is 0 Å². The Morgan fingerprint density at radius 1 is 0.792 bits per heavy atom. The van der Waals surface area contributed by atoms with Crippen molar-refractivity contribution in [3.8, 4) is 0 Å². The van der Waals surface area contributed by atoms with Crippen LogP contribution in [-0.2, 0) is 10.1 Å². The normalized spacial score (nSPS) is 14.2. The first kappa shape index (κ1) is 27.1. The van der Waals surface area contributed by atoms with Gasteiger partial charge in [-0.1, -0.05) is 77.6 Å². The largest absolute Gasteiger partial charge is 1.00 e. The van der Waals surface area contributed by atoms with Gasteiger partial charge < -0.3 is 9.66 Å². The summed E-state index contributed by atoms with van der Waals surface area (Å²) in [6.07, 6.45) is 14.9. The maximum absolute atomic E-state index is 10.7. The van der Waals surface area contributed by atoms with E-state index in [9.17, 15) is 18.1 Å². The second-order valence-corrected chi connectivity index (χ2v) is 8.65. The second kappa shape index (κ2) is 17.3. The molecule has 0 aromatic rings. The van der Waals surface area contributed by atoms with Crippen molar-refractivity contribution in [2.24, 2.45) is 0 Å². The van der Waals surface area contributed by atoms with E-state index in [4.69, 9.17) is 0 Å². The molecule has 24 heavy (non-hydrogen) atoms. The van der Waals surface area contributed by atoms with Crippen LogP contribution in [0.1, 0.15) is 104 Å². The standard InChI is InChI=1S/C18H38O4S.Na/c1-3-14-18(19)16-13-11-9-7-5-4-6-8-10-12-15-17(2)23(20,21)22;/h17-19H,3-16H2,1-2H3,(H,20,21,22);/q;+1/p-1. The molecule has 2 unspecified atom stereocenters. The number of hydrogen-bond acceptors (Lipinski definition) is 4. The number of aliphatic hydroxyl groups excluding tert-OH is 1. The number of unbranched alkanes of at least 4 members (excludes halogenated alkanes) is 9. The molecule has 0 rings (SSSR count). The van der Waals surface area contributed by atoms with Crippen LogP contribution >= 0.6 is 0 Å². The minimum absolute atomic E-state index is 0. The van der Waals surface area contributed by atoms with Crippen molar-refractivity contribution in [3.05, 3.63) is 0 Å². The van der Waals surface area contributed by atoms with Gasteiger partial charge in [0.15, 0.2) is 0 Å². The summed E-state index contributed by atoms with van der Waals surface area (Å²) in [6.45, 7) is 3.61. The molecule has 1 N–H and O–H groups in total. The minimum Gasteiger partial charge on any atom is -0.748 e. The third-order valence-electron chi connectivity index (χ3n) is 4.51. The monoisotopic (exact) mass is 372 g/mol. The predicted molar refractivity (Wildman–Crippen MR) is 95.5 cm³/mol. The van der Waals surface area contributed by atoms with E-state index in [2.05, 4.69) is 6.92 Å². The fourth-order valence-corrected chi connectivity index (χ4v) is 3.30. The summed E-state index contributed by atoms with van der Waals surface area (Å²) in [7, 11) is -4.09. The van der Waals surface area contributed by atoms with Crippen LogP contribution in [0.5, 0.6) is 0 Å². The van der Waals surface area contributed by atoms with Crippen LogP contribution in [0.4, 0.5) is 0 Å². The Kier molecular flexibility index (Phi) is 19.5. The van der Waals surface area contributed by atoms with Crippen LogP contribution < -0.4 is 29.6 Å². The second-order valence-electron chi connectivity index (χ2n) is 6.86. The van der Waals surface area contributed by atoms with Gasteiger partial charge in [0.05, 0.1) is 16.2 Å². The molecule has 0 aliphatic heterocycles. The topological polar surface area (TPSA) is 77.4 Å². The molecule has 0 bridgehead atoms. The van der Waals surface area contributed by atoms with E-state index in [0.29, 0.717) is 6.42 Å². The smallest absolute Gasteiger partial charge is 0.748 e. The zero-order chi connectivity index (χ0) is 17.6. The van der Waals surface area contributed by atoms with Gasteiger partial charge in [0.25, 0.3) is 0 Å². The minimum atomic E-state index is -4.09. The van der Waals surface area contributed by atoms with Crippen molar-refractivity contribution in [1.82, 2.24) is 0 Å². The molecule has 6 heteroatoms. The van der Waals surface area contributed by atoms with Crippen LogP contribution in [0.25, 0.3) is 0 Å². The van der Waals surface area contributed by atoms with E-state index in [1.807, 2.05) is 0 Å². The van der Waals surface area contributed by atoms with Gasteiger partial charge in [-0.3, -0.25) is 0 Å². The molecule has 0 saturated carbocycles. The zero-order valence-corrected chi connectivity index (χ0v) is 19.0. The Hall–Kier alpha value is 0.870. The van der Waals surface area contributed by atoms with Crippen LogP contribution in [0.2, 0.25) is 0 Å². The molecule has 0 aliphatic rings. The van der Waals surface area contributed by atoms with Gasteiger partial charge in [-0.05, 0) is 26.2 Å². The number of aliphatic hydroxyl groups is 1. The van der Waals surface area contributed by atoms with Crippen LogP contribution in [0.3, 0.4) is 0 Å². The van der Waals surface area contributed by atoms with Gasteiger partial charge in [-0.15, -0.1) is 0 Å². The summed E-state index contributed by atoms with van der Waals surface area (Å²) in [6, 6.07) is 0. The summed E-state index contributed by atoms with van der Waals surface area (Å²) in [5.74, 6) is 0. The Labute approximate surface area is 172 Å². The van der Waals surface area contributed by atoms with Gasteiger partial charge >= 0.3 is 29.6 Å². The van der Waals surface area contributed by atoms with E-state index in [0.717, 1.165) is 44.9 Å². The van der Waals surface area contributed by atoms with Gasteiger partial charge in [-0.2, -0.15) is 0 Å². The molecule has 0 aromatic heterocycles. The van der Waals surface area contributed by atoms with Gasteiger partial charge in [0.1, 0.15) is 0 Å². The zero-order valence-electron chi connectivity index (χ0n) is 16.1. The molecule has 0 heterocycles. The summed E-state index contributed by atoms with van der Waals surface area (Å²) < 4.78 is 32.2. The first-order valence-electron chi connectivity index (χ1n) is 9.50. The Morgan fingerprint density at radius 2 is 1.17 bits per heavy atom. The van der Waals surface area contributed by atoms with Crippen LogP contribution in [0, 0.1) is 0 Å². The van der Waals surface area contributed by atoms with Crippen molar-refractivity contribution in [3.63, 3.8) is 0 Å². The maximum atomic E-state index is 10.7. The molecule has 4 nitrogen and oxygen atoms in total. The quantitative estimate of drug-likeness (QED) is 0.254. The summed E-state index contributed by atoms with van der Waals surface area (Å²) >= 11 is 0. The Balaban J connectivity index is 0. The van der Waals surface area contributed by atoms with Crippen molar-refractivity contribution in [2.45, 2.75) is 115 Å². The fraction of sp³-hybridized carbons (Fsp3) is 1.00. The molecule has 2 atom stereocenters. The van der Waals surface area contributed by atoms with E-state index in [-0.39, 0.29) is 35.7 Å². The fourth-order valence-electron chi connectivity index (χ4n) is 2.85. The van der Waals surface area contributed by atoms with Crippen LogP contribution in [0.15, 0.2) is 0 Å². The Bertz CT molecular complexity index is 360. The van der Waals surface area contributed by atoms with Crippen molar-refractivity contribution < 1.29 is 47.6 Å². The van der Waals surface area contributed by atoms with Gasteiger partial charge in [0, 0.05) is 5.25 Å². The molecular formula is C18H37NaO4S. The molecule has 0 spiro atoms.